The van der Waals surface area contributed by atoms with Gasteiger partial charge in [-0.05, 0) is 29.7 Å². The van der Waals surface area contributed by atoms with Crippen LogP contribution in [0.4, 0.5) is 0 Å². The van der Waals surface area contributed by atoms with Crippen LogP contribution < -0.4 is 4.74 Å². The van der Waals surface area contributed by atoms with Crippen LogP contribution in [0.3, 0.4) is 0 Å². The van der Waals surface area contributed by atoms with Gasteiger partial charge in [0.15, 0.2) is 5.69 Å². The molecule has 0 spiro atoms. The Kier molecular flexibility index (Phi) is 3.16. The molecule has 0 aliphatic carbocycles. The van der Waals surface area contributed by atoms with Crippen LogP contribution in [-0.4, -0.2) is 15.4 Å². The van der Waals surface area contributed by atoms with Gasteiger partial charge in [-0.3, -0.25) is 0 Å². The van der Waals surface area contributed by atoms with E-state index in [4.69, 9.17) is 9.84 Å². The molecule has 0 bridgehead atoms. The Morgan fingerprint density at radius 1 is 1.38 bits per heavy atom. The van der Waals surface area contributed by atoms with Crippen molar-refractivity contribution in [1.82, 2.24) is 4.37 Å². The Bertz CT molecular complexity index is 481. The molecule has 82 valence electrons. The molecule has 1 N–H and O–H groups in total. The van der Waals surface area contributed by atoms with Crippen LogP contribution in [0.25, 0.3) is 0 Å². The predicted molar refractivity (Wildman–Crippen MR) is 59.8 cm³/mol. The van der Waals surface area contributed by atoms with Crippen molar-refractivity contribution in [2.75, 3.05) is 0 Å². The molecule has 0 saturated carbocycles. The summed E-state index contributed by atoms with van der Waals surface area (Å²) in [6.45, 7) is 0.342. The van der Waals surface area contributed by atoms with E-state index in [-0.39, 0.29) is 5.69 Å². The third-order valence-electron chi connectivity index (χ3n) is 1.90. The number of carboxylic acids is 1. The van der Waals surface area contributed by atoms with Gasteiger partial charge in [-0.2, -0.15) is 4.37 Å². The van der Waals surface area contributed by atoms with Crippen molar-refractivity contribution in [2.24, 2.45) is 0 Å². The maximum absolute atomic E-state index is 10.6. The number of hydrogen-bond donors (Lipinski definition) is 1. The molecule has 0 fully saturated rings. The van der Waals surface area contributed by atoms with Gasteiger partial charge in [0, 0.05) is 0 Å². The normalized spacial score (nSPS) is 10.0. The summed E-state index contributed by atoms with van der Waals surface area (Å²) in [7, 11) is 0. The fraction of sp³-hybridized carbons (Fsp3) is 0.0909. The minimum Gasteiger partial charge on any atom is -0.488 e. The minimum atomic E-state index is -1.01. The van der Waals surface area contributed by atoms with Gasteiger partial charge in [-0.15, -0.1) is 0 Å². The monoisotopic (exact) mass is 235 g/mol. The largest absolute Gasteiger partial charge is 0.488 e. The molecule has 0 aliphatic rings. The van der Waals surface area contributed by atoms with E-state index in [0.29, 0.717) is 6.61 Å². The van der Waals surface area contributed by atoms with E-state index in [2.05, 4.69) is 4.37 Å². The third-order valence-corrected chi connectivity index (χ3v) is 2.66. The van der Waals surface area contributed by atoms with E-state index in [9.17, 15) is 4.79 Å². The fourth-order valence-corrected chi connectivity index (χ4v) is 1.78. The Labute approximate surface area is 96.3 Å². The summed E-state index contributed by atoms with van der Waals surface area (Å²) in [6.07, 6.45) is 0. The molecule has 5 heteroatoms. The first-order valence-electron chi connectivity index (χ1n) is 4.62. The summed E-state index contributed by atoms with van der Waals surface area (Å²) >= 11 is 1.14. The van der Waals surface area contributed by atoms with Gasteiger partial charge in [-0.25, -0.2) is 4.79 Å². The molecule has 16 heavy (non-hydrogen) atoms. The lowest BCUT2D eigenvalue weighted by atomic mass is 10.3. The Balaban J connectivity index is 1.97. The molecular weight excluding hydrogens is 226 g/mol. The molecule has 0 aliphatic heterocycles. The molecule has 4 nitrogen and oxygen atoms in total. The molecule has 1 heterocycles. The van der Waals surface area contributed by atoms with Gasteiger partial charge < -0.3 is 9.84 Å². The zero-order chi connectivity index (χ0) is 11.4. The fourth-order valence-electron chi connectivity index (χ4n) is 1.15. The number of carbonyl (C=O) groups is 1. The second-order valence-corrected chi connectivity index (χ2v) is 3.97. The summed E-state index contributed by atoms with van der Waals surface area (Å²) in [5.41, 5.74) is 0.0664. The summed E-state index contributed by atoms with van der Waals surface area (Å²) in [5.74, 6) is -0.255. The van der Waals surface area contributed by atoms with Crippen molar-refractivity contribution in [2.45, 2.75) is 6.61 Å². The molecule has 0 radical (unpaired) electrons. The van der Waals surface area contributed by atoms with Gasteiger partial charge in [0.2, 0.25) is 0 Å². The van der Waals surface area contributed by atoms with Crippen LogP contribution in [0.15, 0.2) is 36.4 Å². The molecule has 0 saturated heterocycles. The quantitative estimate of drug-likeness (QED) is 0.884. The summed E-state index contributed by atoms with van der Waals surface area (Å²) < 4.78 is 9.25. The zero-order valence-corrected chi connectivity index (χ0v) is 9.11. The van der Waals surface area contributed by atoms with Gasteiger partial charge in [0.25, 0.3) is 0 Å². The summed E-state index contributed by atoms with van der Waals surface area (Å²) in [4.78, 5) is 11.4. The summed E-state index contributed by atoms with van der Waals surface area (Å²) in [6, 6.07) is 10.9. The second-order valence-electron chi connectivity index (χ2n) is 3.09. The number of para-hydroxylation sites is 1. The van der Waals surface area contributed by atoms with Crippen LogP contribution in [0.5, 0.6) is 5.75 Å². The highest BCUT2D eigenvalue weighted by molar-refractivity contribution is 7.05. The highest BCUT2D eigenvalue weighted by atomic mass is 32.1. The Morgan fingerprint density at radius 3 is 2.75 bits per heavy atom. The summed E-state index contributed by atoms with van der Waals surface area (Å²) in [5, 5.41) is 8.69. The number of hydrogen-bond acceptors (Lipinski definition) is 4. The van der Waals surface area contributed by atoms with Gasteiger partial charge in [0.05, 0.1) is 4.88 Å². The molecular formula is C11H9NO3S. The lowest BCUT2D eigenvalue weighted by Gasteiger charge is -2.02. The van der Waals surface area contributed by atoms with Crippen molar-refractivity contribution in [3.8, 4) is 5.75 Å². The molecule has 2 rings (SSSR count). The van der Waals surface area contributed by atoms with Gasteiger partial charge >= 0.3 is 5.97 Å². The second kappa shape index (κ2) is 4.76. The number of carboxylic acid groups (broad SMARTS) is 1. The van der Waals surface area contributed by atoms with Crippen LogP contribution >= 0.6 is 11.5 Å². The van der Waals surface area contributed by atoms with Crippen LogP contribution in [-0.2, 0) is 6.61 Å². The molecule has 0 amide bonds. The van der Waals surface area contributed by atoms with Crippen molar-refractivity contribution in [3.63, 3.8) is 0 Å². The predicted octanol–water partition coefficient (Wildman–Crippen LogP) is 2.42. The van der Waals surface area contributed by atoms with Crippen molar-refractivity contribution in [3.05, 3.63) is 47.0 Å². The Hall–Kier alpha value is -1.88. The first kappa shape index (κ1) is 10.6. The highest BCUT2D eigenvalue weighted by Gasteiger charge is 2.08. The van der Waals surface area contributed by atoms with Crippen LogP contribution in [0, 0.1) is 0 Å². The third kappa shape index (κ3) is 2.58. The smallest absolute Gasteiger partial charge is 0.355 e. The van der Waals surface area contributed by atoms with Crippen molar-refractivity contribution >= 4 is 17.5 Å². The lowest BCUT2D eigenvalue weighted by molar-refractivity contribution is 0.0692. The van der Waals surface area contributed by atoms with E-state index in [1.807, 2.05) is 30.3 Å². The molecule has 0 unspecified atom stereocenters. The lowest BCUT2D eigenvalue weighted by Crippen LogP contribution is -1.95. The Morgan fingerprint density at radius 2 is 2.12 bits per heavy atom. The number of benzene rings is 1. The topological polar surface area (TPSA) is 59.4 Å². The SMILES string of the molecule is O=C(O)c1cc(COc2ccccc2)sn1. The molecule has 1 aromatic carbocycles. The van der Waals surface area contributed by atoms with E-state index in [1.54, 1.807) is 0 Å². The number of aromatic nitrogens is 1. The average Bonchev–Trinajstić information content (AvgIpc) is 2.76. The first-order chi connectivity index (χ1) is 7.75. The minimum absolute atomic E-state index is 0.0664. The maximum atomic E-state index is 10.6. The zero-order valence-electron chi connectivity index (χ0n) is 8.29. The number of ether oxygens (including phenoxy) is 1. The van der Waals surface area contributed by atoms with E-state index in [0.717, 1.165) is 22.2 Å². The number of nitrogens with zero attached hydrogens (tertiary/aromatic N) is 1. The van der Waals surface area contributed by atoms with Crippen molar-refractivity contribution < 1.29 is 14.6 Å². The molecule has 1 aromatic heterocycles. The number of aromatic carboxylic acids is 1. The standard InChI is InChI=1S/C11H9NO3S/c13-11(14)10-6-9(16-12-10)7-15-8-4-2-1-3-5-8/h1-6H,7H2,(H,13,14). The van der Waals surface area contributed by atoms with Crippen LogP contribution in [0.2, 0.25) is 0 Å². The van der Waals surface area contributed by atoms with Gasteiger partial charge in [0.1, 0.15) is 12.4 Å². The van der Waals surface area contributed by atoms with E-state index in [1.165, 1.54) is 6.07 Å². The van der Waals surface area contributed by atoms with E-state index < -0.39 is 5.97 Å². The number of rotatable bonds is 4. The molecule has 2 aromatic rings. The van der Waals surface area contributed by atoms with Crippen molar-refractivity contribution in [1.29, 1.82) is 0 Å². The average molecular weight is 235 g/mol. The van der Waals surface area contributed by atoms with Gasteiger partial charge in [-0.1, -0.05) is 18.2 Å². The highest BCUT2D eigenvalue weighted by Crippen LogP contribution is 2.15. The van der Waals surface area contributed by atoms with E-state index >= 15 is 0 Å². The molecule has 0 atom stereocenters. The van der Waals surface area contributed by atoms with Crippen LogP contribution in [0.1, 0.15) is 15.4 Å². The maximum Gasteiger partial charge on any atom is 0.355 e. The first-order valence-corrected chi connectivity index (χ1v) is 5.40.